The van der Waals surface area contributed by atoms with Crippen LogP contribution in [-0.4, -0.2) is 6.61 Å². The normalized spacial score (nSPS) is 11.4. The summed E-state index contributed by atoms with van der Waals surface area (Å²) in [5.41, 5.74) is 2.14. The van der Waals surface area contributed by atoms with Gasteiger partial charge in [0.2, 0.25) is 0 Å². The molecule has 4 aromatic rings. The van der Waals surface area contributed by atoms with Crippen molar-refractivity contribution in [2.24, 2.45) is 0 Å². The maximum Gasteiger partial charge on any atom is 0.387 e. The van der Waals surface area contributed by atoms with E-state index in [0.29, 0.717) is 46.7 Å². The van der Waals surface area contributed by atoms with Gasteiger partial charge in [0.1, 0.15) is 23.2 Å². The van der Waals surface area contributed by atoms with E-state index in [0.717, 1.165) is 5.56 Å². The molecule has 6 heteroatoms. The van der Waals surface area contributed by atoms with E-state index in [4.69, 9.17) is 0 Å². The fourth-order valence-corrected chi connectivity index (χ4v) is 3.91. The first-order chi connectivity index (χ1) is 15.9. The van der Waals surface area contributed by atoms with Gasteiger partial charge >= 0.3 is 6.61 Å². The molecule has 0 bridgehead atoms. The molecule has 0 saturated carbocycles. The van der Waals surface area contributed by atoms with E-state index in [9.17, 15) is 17.6 Å². The van der Waals surface area contributed by atoms with Gasteiger partial charge in [0, 0.05) is 5.39 Å². The third kappa shape index (κ3) is 5.00. The predicted octanol–water partition coefficient (Wildman–Crippen LogP) is 7.87. The lowest BCUT2D eigenvalue weighted by molar-refractivity contribution is -0.0498. The Morgan fingerprint density at radius 1 is 0.758 bits per heavy atom. The highest BCUT2D eigenvalue weighted by atomic mass is 19.3. The molecule has 0 heterocycles. The lowest BCUT2D eigenvalue weighted by atomic mass is 9.96. The molecule has 4 rings (SSSR count). The molecule has 1 nitrogen and oxygen atoms in total. The van der Waals surface area contributed by atoms with Crippen molar-refractivity contribution in [1.82, 2.24) is 0 Å². The van der Waals surface area contributed by atoms with Gasteiger partial charge in [-0.2, -0.15) is 8.78 Å². The second kappa shape index (κ2) is 9.61. The molecule has 0 spiro atoms. The Hall–Kier alpha value is -3.41. The largest absolute Gasteiger partial charge is 0.435 e. The Labute approximate surface area is 188 Å². The van der Waals surface area contributed by atoms with E-state index < -0.39 is 18.2 Å². The van der Waals surface area contributed by atoms with Crippen LogP contribution in [0.4, 0.5) is 22.0 Å². The van der Waals surface area contributed by atoms with Crippen LogP contribution in [0.2, 0.25) is 0 Å². The first-order valence-corrected chi connectivity index (χ1v) is 10.6. The third-order valence-electron chi connectivity index (χ3n) is 5.66. The minimum atomic E-state index is -2.88. The molecule has 0 aliphatic carbocycles. The molecule has 0 fully saturated rings. The van der Waals surface area contributed by atoms with Crippen LogP contribution in [0.5, 0.6) is 5.75 Å². The molecule has 0 aromatic heterocycles. The number of alkyl halides is 2. The summed E-state index contributed by atoms with van der Waals surface area (Å²) >= 11 is 0. The Kier molecular flexibility index (Phi) is 6.63. The van der Waals surface area contributed by atoms with Crippen molar-refractivity contribution in [3.63, 3.8) is 0 Å². The Morgan fingerprint density at radius 2 is 1.45 bits per heavy atom. The van der Waals surface area contributed by atoms with Gasteiger partial charge in [-0.05, 0) is 77.2 Å². The van der Waals surface area contributed by atoms with Gasteiger partial charge in [0.05, 0.1) is 5.56 Å². The van der Waals surface area contributed by atoms with E-state index in [1.54, 1.807) is 30.3 Å². The molecule has 0 amide bonds. The molecule has 0 aliphatic heterocycles. The molecule has 0 unspecified atom stereocenters. The van der Waals surface area contributed by atoms with Gasteiger partial charge in [-0.15, -0.1) is 0 Å². The highest BCUT2D eigenvalue weighted by molar-refractivity contribution is 5.88. The summed E-state index contributed by atoms with van der Waals surface area (Å²) in [5, 5.41) is 0.906. The maximum absolute atomic E-state index is 15.1. The van der Waals surface area contributed by atoms with E-state index >= 15 is 4.39 Å². The van der Waals surface area contributed by atoms with Crippen LogP contribution < -0.4 is 4.74 Å². The summed E-state index contributed by atoms with van der Waals surface area (Å²) < 4.78 is 73.0. The maximum atomic E-state index is 15.1. The quantitative estimate of drug-likeness (QED) is 0.257. The zero-order chi connectivity index (χ0) is 23.5. The number of halogens is 5. The van der Waals surface area contributed by atoms with Crippen LogP contribution in [0.15, 0.2) is 66.7 Å². The van der Waals surface area contributed by atoms with Gasteiger partial charge in [-0.25, -0.2) is 13.2 Å². The number of rotatable bonds is 7. The van der Waals surface area contributed by atoms with Crippen LogP contribution in [0.3, 0.4) is 0 Å². The van der Waals surface area contributed by atoms with Crippen molar-refractivity contribution in [1.29, 1.82) is 0 Å². The Balaban J connectivity index is 1.56. The van der Waals surface area contributed by atoms with E-state index in [1.165, 1.54) is 36.4 Å². The van der Waals surface area contributed by atoms with E-state index in [-0.39, 0.29) is 17.1 Å². The summed E-state index contributed by atoms with van der Waals surface area (Å²) in [6, 6.07) is 16.9. The molecule has 0 aliphatic rings. The molecule has 0 atom stereocenters. The monoisotopic (exact) mass is 456 g/mol. The van der Waals surface area contributed by atoms with Crippen molar-refractivity contribution >= 4 is 10.8 Å². The lowest BCUT2D eigenvalue weighted by Gasteiger charge is -2.11. The molecule has 170 valence electrons. The topological polar surface area (TPSA) is 9.23 Å². The highest BCUT2D eigenvalue weighted by Gasteiger charge is 2.15. The minimum Gasteiger partial charge on any atom is -0.435 e. The van der Waals surface area contributed by atoms with Crippen LogP contribution in [0.25, 0.3) is 21.9 Å². The minimum absolute atomic E-state index is 0.0682. The second-order valence-corrected chi connectivity index (χ2v) is 7.79. The Bertz CT molecular complexity index is 1260. The summed E-state index contributed by atoms with van der Waals surface area (Å²) in [7, 11) is 0. The fraction of sp³-hybridized carbons (Fsp3) is 0.185. The number of ether oxygens (including phenoxy) is 1. The first kappa shape index (κ1) is 22.8. The first-order valence-electron chi connectivity index (χ1n) is 10.6. The van der Waals surface area contributed by atoms with E-state index in [1.807, 2.05) is 6.92 Å². The molecule has 4 aromatic carbocycles. The van der Waals surface area contributed by atoms with Crippen LogP contribution >= 0.6 is 0 Å². The highest BCUT2D eigenvalue weighted by Crippen LogP contribution is 2.32. The summed E-state index contributed by atoms with van der Waals surface area (Å²) in [6.45, 7) is -1.06. The van der Waals surface area contributed by atoms with Crippen molar-refractivity contribution in [2.75, 3.05) is 0 Å². The molecule has 0 N–H and O–H groups in total. The number of hydrogen-bond acceptors (Lipinski definition) is 1. The fourth-order valence-electron chi connectivity index (χ4n) is 3.91. The van der Waals surface area contributed by atoms with Crippen molar-refractivity contribution in [2.45, 2.75) is 32.8 Å². The van der Waals surface area contributed by atoms with Crippen LogP contribution in [0.1, 0.15) is 23.6 Å². The standard InChI is InChI=1S/C27H21F5O/c1-2-16-13-23(28)25(24(29)14-16)20-9-12-22-19(15-20)8-7-18(26(22)30)6-3-17-4-10-21(11-5-17)33-27(31)32/h4-5,7-15,27H,2-3,6H2,1H3. The average Bonchev–Trinajstić information content (AvgIpc) is 2.78. The van der Waals surface area contributed by atoms with Gasteiger partial charge in [-0.3, -0.25) is 0 Å². The van der Waals surface area contributed by atoms with Crippen molar-refractivity contribution in [3.8, 4) is 16.9 Å². The molecule has 33 heavy (non-hydrogen) atoms. The molecule has 0 radical (unpaired) electrons. The van der Waals surface area contributed by atoms with Gasteiger partial charge < -0.3 is 4.74 Å². The van der Waals surface area contributed by atoms with E-state index in [2.05, 4.69) is 4.74 Å². The van der Waals surface area contributed by atoms with Gasteiger partial charge in [-0.1, -0.05) is 43.3 Å². The summed E-state index contributed by atoms with van der Waals surface area (Å²) in [5.74, 6) is -1.61. The Morgan fingerprint density at radius 3 is 2.09 bits per heavy atom. The van der Waals surface area contributed by atoms with Crippen LogP contribution in [-0.2, 0) is 19.3 Å². The predicted molar refractivity (Wildman–Crippen MR) is 119 cm³/mol. The van der Waals surface area contributed by atoms with Crippen molar-refractivity contribution in [3.05, 3.63) is 101 Å². The zero-order valence-electron chi connectivity index (χ0n) is 17.8. The van der Waals surface area contributed by atoms with Crippen molar-refractivity contribution < 1.29 is 26.7 Å². The molecule has 0 saturated heterocycles. The molecular formula is C27H21F5O. The average molecular weight is 456 g/mol. The molecular weight excluding hydrogens is 435 g/mol. The summed E-state index contributed by atoms with van der Waals surface area (Å²) in [4.78, 5) is 0. The zero-order valence-corrected chi connectivity index (χ0v) is 17.8. The third-order valence-corrected chi connectivity index (χ3v) is 5.66. The lowest BCUT2D eigenvalue weighted by Crippen LogP contribution is -2.02. The van der Waals surface area contributed by atoms with Gasteiger partial charge in [0.25, 0.3) is 0 Å². The number of hydrogen-bond donors (Lipinski definition) is 0. The van der Waals surface area contributed by atoms with Gasteiger partial charge in [0.15, 0.2) is 0 Å². The smallest absolute Gasteiger partial charge is 0.387 e. The second-order valence-electron chi connectivity index (χ2n) is 7.79. The summed E-state index contributed by atoms with van der Waals surface area (Å²) in [6.07, 6.45) is 1.43. The number of benzene rings is 4. The van der Waals surface area contributed by atoms with Crippen LogP contribution in [0, 0.1) is 17.5 Å². The number of fused-ring (bicyclic) bond motifs is 1. The SMILES string of the molecule is CCc1cc(F)c(-c2ccc3c(F)c(CCc4ccc(OC(F)F)cc4)ccc3c2)c(F)c1. The number of aryl methyl sites for hydroxylation is 3.